The van der Waals surface area contributed by atoms with Crippen molar-refractivity contribution in [3.05, 3.63) is 0 Å². The van der Waals surface area contributed by atoms with Gasteiger partial charge in [-0.05, 0) is 12.8 Å². The van der Waals surface area contributed by atoms with Crippen molar-refractivity contribution >= 4 is 24.2 Å². The van der Waals surface area contributed by atoms with E-state index < -0.39 is 0 Å². The van der Waals surface area contributed by atoms with E-state index in [1.54, 1.807) is 0 Å². The van der Waals surface area contributed by atoms with Crippen LogP contribution in [-0.2, 0) is 9.59 Å². The number of hydrogen-bond acceptors (Lipinski definition) is 3. The van der Waals surface area contributed by atoms with Gasteiger partial charge in [-0.15, -0.1) is 12.4 Å². The molecule has 1 saturated heterocycles. The van der Waals surface area contributed by atoms with Crippen LogP contribution in [-0.4, -0.2) is 42.9 Å². The standard InChI is InChI=1S/C12H23N3O2.ClH/c13-7-5-11(16)14-8-6-12(17)15-9-3-1-2-4-10-15;/h1-10,13H2,(H,14,16);1H. The number of nitrogens with one attached hydrogen (secondary N) is 1. The van der Waals surface area contributed by atoms with Crippen LogP contribution in [0.1, 0.15) is 38.5 Å². The van der Waals surface area contributed by atoms with Crippen molar-refractivity contribution in [2.75, 3.05) is 26.2 Å². The molecule has 0 aromatic rings. The summed E-state index contributed by atoms with van der Waals surface area (Å²) < 4.78 is 0. The van der Waals surface area contributed by atoms with Gasteiger partial charge in [0, 0.05) is 39.0 Å². The lowest BCUT2D eigenvalue weighted by atomic mass is 10.2. The molecule has 2 amide bonds. The topological polar surface area (TPSA) is 75.4 Å². The number of carbonyl (C=O) groups excluding carboxylic acids is 2. The number of amides is 2. The van der Waals surface area contributed by atoms with E-state index in [1.807, 2.05) is 4.90 Å². The zero-order chi connectivity index (χ0) is 12.5. The average Bonchev–Trinajstić information content (AvgIpc) is 2.57. The average molecular weight is 278 g/mol. The van der Waals surface area contributed by atoms with E-state index in [-0.39, 0.29) is 24.2 Å². The van der Waals surface area contributed by atoms with Gasteiger partial charge in [-0.3, -0.25) is 9.59 Å². The van der Waals surface area contributed by atoms with Crippen molar-refractivity contribution in [3.8, 4) is 0 Å². The molecule has 0 unspecified atom stereocenters. The Kier molecular flexibility index (Phi) is 9.69. The predicted molar refractivity (Wildman–Crippen MR) is 73.6 cm³/mol. The summed E-state index contributed by atoms with van der Waals surface area (Å²) in [5.41, 5.74) is 5.26. The summed E-state index contributed by atoms with van der Waals surface area (Å²) in [6.45, 7) is 2.52. The first kappa shape index (κ1) is 17.2. The van der Waals surface area contributed by atoms with Gasteiger partial charge in [0.1, 0.15) is 0 Å². The minimum atomic E-state index is -0.0730. The van der Waals surface area contributed by atoms with E-state index in [1.165, 1.54) is 12.8 Å². The Morgan fingerprint density at radius 3 is 2.22 bits per heavy atom. The molecule has 0 aliphatic carbocycles. The lowest BCUT2D eigenvalue weighted by Crippen LogP contribution is -2.35. The van der Waals surface area contributed by atoms with Crippen LogP contribution in [0.15, 0.2) is 0 Å². The van der Waals surface area contributed by atoms with E-state index in [0.717, 1.165) is 25.9 Å². The maximum absolute atomic E-state index is 11.8. The first-order chi connectivity index (χ1) is 8.24. The molecule has 6 heteroatoms. The largest absolute Gasteiger partial charge is 0.356 e. The molecular weight excluding hydrogens is 254 g/mol. The van der Waals surface area contributed by atoms with Crippen molar-refractivity contribution in [2.24, 2.45) is 5.73 Å². The summed E-state index contributed by atoms with van der Waals surface area (Å²) in [7, 11) is 0. The van der Waals surface area contributed by atoms with E-state index >= 15 is 0 Å². The number of likely N-dealkylation sites (tertiary alicyclic amines) is 1. The molecule has 0 bridgehead atoms. The number of nitrogens with zero attached hydrogens (tertiary/aromatic N) is 1. The summed E-state index contributed by atoms with van der Waals surface area (Å²) >= 11 is 0. The molecule has 1 rings (SSSR count). The fourth-order valence-electron chi connectivity index (χ4n) is 2.01. The van der Waals surface area contributed by atoms with Crippen LogP contribution >= 0.6 is 12.4 Å². The number of nitrogens with two attached hydrogens (primary N) is 1. The third-order valence-electron chi connectivity index (χ3n) is 2.99. The highest BCUT2D eigenvalue weighted by Gasteiger charge is 2.14. The highest BCUT2D eigenvalue weighted by Crippen LogP contribution is 2.10. The van der Waals surface area contributed by atoms with Gasteiger partial charge in [0.2, 0.25) is 11.8 Å². The highest BCUT2D eigenvalue weighted by molar-refractivity contribution is 5.85. The van der Waals surface area contributed by atoms with Crippen LogP contribution in [0.25, 0.3) is 0 Å². The van der Waals surface area contributed by atoms with Crippen LogP contribution in [0.3, 0.4) is 0 Å². The fraction of sp³-hybridized carbons (Fsp3) is 0.833. The molecule has 0 aromatic heterocycles. The molecule has 106 valence electrons. The third-order valence-corrected chi connectivity index (χ3v) is 2.99. The second-order valence-electron chi connectivity index (χ2n) is 4.43. The molecule has 1 aliphatic rings. The zero-order valence-corrected chi connectivity index (χ0v) is 11.6. The SMILES string of the molecule is Cl.NCCC(=O)NCCC(=O)N1CCCCCC1. The Hall–Kier alpha value is -0.810. The number of carbonyl (C=O) groups is 2. The molecule has 5 nitrogen and oxygen atoms in total. The van der Waals surface area contributed by atoms with Crippen LogP contribution < -0.4 is 11.1 Å². The van der Waals surface area contributed by atoms with Gasteiger partial charge in [0.25, 0.3) is 0 Å². The maximum Gasteiger partial charge on any atom is 0.224 e. The quantitative estimate of drug-likeness (QED) is 0.775. The third kappa shape index (κ3) is 6.81. The molecular formula is C12H24ClN3O2. The first-order valence-electron chi connectivity index (χ1n) is 6.48. The Bertz CT molecular complexity index is 254. The zero-order valence-electron chi connectivity index (χ0n) is 10.8. The van der Waals surface area contributed by atoms with Gasteiger partial charge >= 0.3 is 0 Å². The van der Waals surface area contributed by atoms with Crippen molar-refractivity contribution in [3.63, 3.8) is 0 Å². The first-order valence-corrected chi connectivity index (χ1v) is 6.48. The Morgan fingerprint density at radius 1 is 1.06 bits per heavy atom. The van der Waals surface area contributed by atoms with Crippen LogP contribution in [0.2, 0.25) is 0 Å². The van der Waals surface area contributed by atoms with Crippen molar-refractivity contribution in [2.45, 2.75) is 38.5 Å². The second-order valence-corrected chi connectivity index (χ2v) is 4.43. The Labute approximate surface area is 115 Å². The van der Waals surface area contributed by atoms with E-state index in [2.05, 4.69) is 5.32 Å². The molecule has 3 N–H and O–H groups in total. The smallest absolute Gasteiger partial charge is 0.224 e. The maximum atomic E-state index is 11.8. The van der Waals surface area contributed by atoms with Crippen LogP contribution in [0, 0.1) is 0 Å². The van der Waals surface area contributed by atoms with Gasteiger partial charge < -0.3 is 16.0 Å². The molecule has 1 heterocycles. The molecule has 0 atom stereocenters. The highest BCUT2D eigenvalue weighted by atomic mass is 35.5. The monoisotopic (exact) mass is 277 g/mol. The number of hydrogen-bond donors (Lipinski definition) is 2. The lowest BCUT2D eigenvalue weighted by Gasteiger charge is -2.20. The van der Waals surface area contributed by atoms with Crippen molar-refractivity contribution < 1.29 is 9.59 Å². The number of rotatable bonds is 5. The molecule has 0 spiro atoms. The summed E-state index contributed by atoms with van der Waals surface area (Å²) in [5, 5.41) is 2.70. The molecule has 18 heavy (non-hydrogen) atoms. The normalized spacial score (nSPS) is 15.5. The molecule has 0 radical (unpaired) electrons. The summed E-state index contributed by atoms with van der Waals surface area (Å²) in [6, 6.07) is 0. The van der Waals surface area contributed by atoms with Gasteiger partial charge in [-0.1, -0.05) is 12.8 Å². The van der Waals surface area contributed by atoms with Gasteiger partial charge in [-0.25, -0.2) is 0 Å². The van der Waals surface area contributed by atoms with Crippen molar-refractivity contribution in [1.29, 1.82) is 0 Å². The van der Waals surface area contributed by atoms with Gasteiger partial charge in [-0.2, -0.15) is 0 Å². The fourth-order valence-corrected chi connectivity index (χ4v) is 2.01. The predicted octanol–water partition coefficient (Wildman–Crippen LogP) is 0.666. The molecule has 0 aromatic carbocycles. The van der Waals surface area contributed by atoms with Crippen LogP contribution in [0.5, 0.6) is 0 Å². The summed E-state index contributed by atoms with van der Waals surface area (Å²) in [4.78, 5) is 24.9. The van der Waals surface area contributed by atoms with Gasteiger partial charge in [0.15, 0.2) is 0 Å². The number of halogens is 1. The van der Waals surface area contributed by atoms with Crippen LogP contribution in [0.4, 0.5) is 0 Å². The Balaban J connectivity index is 0.00000289. The van der Waals surface area contributed by atoms with E-state index in [9.17, 15) is 9.59 Å². The van der Waals surface area contributed by atoms with Gasteiger partial charge in [0.05, 0.1) is 0 Å². The second kappa shape index (κ2) is 10.1. The molecule has 1 fully saturated rings. The van der Waals surface area contributed by atoms with E-state index in [4.69, 9.17) is 5.73 Å². The van der Waals surface area contributed by atoms with Crippen molar-refractivity contribution in [1.82, 2.24) is 10.2 Å². The minimum absolute atomic E-state index is 0. The lowest BCUT2D eigenvalue weighted by molar-refractivity contribution is -0.131. The van der Waals surface area contributed by atoms with E-state index in [0.29, 0.717) is 25.9 Å². The summed E-state index contributed by atoms with van der Waals surface area (Å²) in [5.74, 6) is 0.0797. The summed E-state index contributed by atoms with van der Waals surface area (Å²) in [6.07, 6.45) is 5.37. The molecule has 0 saturated carbocycles. The minimum Gasteiger partial charge on any atom is -0.356 e. The Morgan fingerprint density at radius 2 is 1.67 bits per heavy atom. The molecule has 1 aliphatic heterocycles.